The second-order valence-corrected chi connectivity index (χ2v) is 2.66. The van der Waals surface area contributed by atoms with E-state index in [4.69, 9.17) is 14.2 Å². The van der Waals surface area contributed by atoms with Crippen molar-refractivity contribution in [1.29, 1.82) is 0 Å². The summed E-state index contributed by atoms with van der Waals surface area (Å²) in [4.78, 5) is 0. The summed E-state index contributed by atoms with van der Waals surface area (Å²) in [7, 11) is 1.60. The van der Waals surface area contributed by atoms with Crippen molar-refractivity contribution in [1.82, 2.24) is 0 Å². The predicted octanol–water partition coefficient (Wildman–Crippen LogP) is 2.07. The first-order chi connectivity index (χ1) is 6.35. The Morgan fingerprint density at radius 1 is 1.46 bits per heavy atom. The zero-order valence-corrected chi connectivity index (χ0v) is 7.37. The fourth-order valence-corrected chi connectivity index (χ4v) is 1.27. The highest BCUT2D eigenvalue weighted by atomic mass is 16.7. The smallest absolute Gasteiger partial charge is 0.231 e. The van der Waals surface area contributed by atoms with Gasteiger partial charge in [0.15, 0.2) is 11.5 Å². The monoisotopic (exact) mass is 178 g/mol. The van der Waals surface area contributed by atoms with E-state index in [0.717, 1.165) is 5.56 Å². The average Bonchev–Trinajstić information content (AvgIpc) is 2.63. The maximum atomic E-state index is 5.24. The zero-order chi connectivity index (χ0) is 9.26. The molecule has 68 valence electrons. The highest BCUT2D eigenvalue weighted by molar-refractivity contribution is 5.61. The third-order valence-corrected chi connectivity index (χ3v) is 1.92. The van der Waals surface area contributed by atoms with Gasteiger partial charge in [-0.1, -0.05) is 12.7 Å². The lowest BCUT2D eigenvalue weighted by Gasteiger charge is -2.05. The third-order valence-electron chi connectivity index (χ3n) is 1.92. The summed E-state index contributed by atoms with van der Waals surface area (Å²) in [6.45, 7) is 3.94. The van der Waals surface area contributed by atoms with E-state index in [1.165, 1.54) is 0 Å². The van der Waals surface area contributed by atoms with Crippen molar-refractivity contribution >= 4 is 6.08 Å². The molecule has 0 saturated carbocycles. The molecular weight excluding hydrogens is 168 g/mol. The van der Waals surface area contributed by atoms with Crippen LogP contribution in [0.15, 0.2) is 18.7 Å². The molecule has 0 spiro atoms. The summed E-state index contributed by atoms with van der Waals surface area (Å²) in [6.07, 6.45) is 1.74. The number of hydrogen-bond acceptors (Lipinski definition) is 3. The topological polar surface area (TPSA) is 27.7 Å². The van der Waals surface area contributed by atoms with Crippen LogP contribution in [0, 0.1) is 0 Å². The SMILES string of the molecule is C=Cc1cc(OC)c2c(c1)OCO2. The highest BCUT2D eigenvalue weighted by Crippen LogP contribution is 2.41. The van der Waals surface area contributed by atoms with E-state index < -0.39 is 0 Å². The predicted molar refractivity (Wildman–Crippen MR) is 49.2 cm³/mol. The van der Waals surface area contributed by atoms with Crippen molar-refractivity contribution in [2.75, 3.05) is 13.9 Å². The minimum Gasteiger partial charge on any atom is -0.493 e. The molecule has 1 aliphatic heterocycles. The van der Waals surface area contributed by atoms with Crippen LogP contribution >= 0.6 is 0 Å². The van der Waals surface area contributed by atoms with Gasteiger partial charge in [0, 0.05) is 0 Å². The molecular formula is C10H10O3. The molecule has 0 N–H and O–H groups in total. The van der Waals surface area contributed by atoms with Crippen LogP contribution in [0.25, 0.3) is 6.08 Å². The van der Waals surface area contributed by atoms with Gasteiger partial charge in [-0.2, -0.15) is 0 Å². The van der Waals surface area contributed by atoms with Gasteiger partial charge in [0.1, 0.15) is 0 Å². The van der Waals surface area contributed by atoms with Crippen LogP contribution in [0.4, 0.5) is 0 Å². The van der Waals surface area contributed by atoms with E-state index in [-0.39, 0.29) is 6.79 Å². The first-order valence-electron chi connectivity index (χ1n) is 3.95. The molecule has 1 aromatic rings. The number of methoxy groups -OCH3 is 1. The second kappa shape index (κ2) is 3.01. The molecule has 0 aromatic heterocycles. The van der Waals surface area contributed by atoms with Crippen LogP contribution in [0.1, 0.15) is 5.56 Å². The molecule has 0 atom stereocenters. The summed E-state index contributed by atoms with van der Waals surface area (Å²) in [5.41, 5.74) is 0.959. The van der Waals surface area contributed by atoms with Gasteiger partial charge in [0.05, 0.1) is 7.11 Å². The number of ether oxygens (including phenoxy) is 3. The van der Waals surface area contributed by atoms with Crippen LogP contribution in [-0.2, 0) is 0 Å². The van der Waals surface area contributed by atoms with E-state index >= 15 is 0 Å². The fourth-order valence-electron chi connectivity index (χ4n) is 1.27. The molecule has 0 fully saturated rings. The molecule has 0 radical (unpaired) electrons. The van der Waals surface area contributed by atoms with Gasteiger partial charge in [-0.3, -0.25) is 0 Å². The van der Waals surface area contributed by atoms with Crippen molar-refractivity contribution < 1.29 is 14.2 Å². The van der Waals surface area contributed by atoms with Crippen molar-refractivity contribution in [2.24, 2.45) is 0 Å². The van der Waals surface area contributed by atoms with Crippen LogP contribution in [-0.4, -0.2) is 13.9 Å². The summed E-state index contributed by atoms with van der Waals surface area (Å²) in [6, 6.07) is 3.73. The average molecular weight is 178 g/mol. The van der Waals surface area contributed by atoms with Gasteiger partial charge in [-0.15, -0.1) is 0 Å². The molecule has 13 heavy (non-hydrogen) atoms. The van der Waals surface area contributed by atoms with Gasteiger partial charge in [-0.05, 0) is 17.7 Å². The quantitative estimate of drug-likeness (QED) is 0.693. The molecule has 1 heterocycles. The minimum absolute atomic E-state index is 0.256. The molecule has 1 aromatic carbocycles. The summed E-state index contributed by atoms with van der Waals surface area (Å²) in [5.74, 6) is 2.08. The lowest BCUT2D eigenvalue weighted by molar-refractivity contribution is 0.171. The minimum atomic E-state index is 0.256. The molecule has 0 bridgehead atoms. The van der Waals surface area contributed by atoms with E-state index in [0.29, 0.717) is 17.2 Å². The molecule has 1 aliphatic rings. The van der Waals surface area contributed by atoms with Crippen LogP contribution in [0.2, 0.25) is 0 Å². The van der Waals surface area contributed by atoms with Crippen molar-refractivity contribution in [3.05, 3.63) is 24.3 Å². The maximum Gasteiger partial charge on any atom is 0.231 e. The molecule has 0 unspecified atom stereocenters. The van der Waals surface area contributed by atoms with Gasteiger partial charge >= 0.3 is 0 Å². The lowest BCUT2D eigenvalue weighted by Crippen LogP contribution is -1.93. The van der Waals surface area contributed by atoms with E-state index in [2.05, 4.69) is 6.58 Å². The van der Waals surface area contributed by atoms with Crippen LogP contribution in [0.3, 0.4) is 0 Å². The first kappa shape index (κ1) is 7.98. The Morgan fingerprint density at radius 2 is 2.31 bits per heavy atom. The van der Waals surface area contributed by atoms with E-state index in [1.807, 2.05) is 12.1 Å². The number of hydrogen-bond donors (Lipinski definition) is 0. The number of rotatable bonds is 2. The Hall–Kier alpha value is -1.64. The maximum absolute atomic E-state index is 5.24. The van der Waals surface area contributed by atoms with Gasteiger partial charge in [0.2, 0.25) is 12.5 Å². The number of fused-ring (bicyclic) bond motifs is 1. The Kier molecular flexibility index (Phi) is 1.85. The number of benzene rings is 1. The van der Waals surface area contributed by atoms with E-state index in [9.17, 15) is 0 Å². The molecule has 0 amide bonds. The standard InChI is InChI=1S/C10H10O3/c1-3-7-4-8(11-2)10-9(5-7)12-6-13-10/h3-5H,1,6H2,2H3. The Bertz CT molecular complexity index is 344. The molecule has 3 heteroatoms. The summed E-state index contributed by atoms with van der Waals surface area (Å²) >= 11 is 0. The first-order valence-corrected chi connectivity index (χ1v) is 3.95. The van der Waals surface area contributed by atoms with Gasteiger partial charge < -0.3 is 14.2 Å². The largest absolute Gasteiger partial charge is 0.493 e. The van der Waals surface area contributed by atoms with Crippen molar-refractivity contribution in [3.63, 3.8) is 0 Å². The summed E-state index contributed by atoms with van der Waals surface area (Å²) in [5, 5.41) is 0. The van der Waals surface area contributed by atoms with Gasteiger partial charge in [0.25, 0.3) is 0 Å². The van der Waals surface area contributed by atoms with Crippen LogP contribution in [0.5, 0.6) is 17.2 Å². The fraction of sp³-hybridized carbons (Fsp3) is 0.200. The van der Waals surface area contributed by atoms with Gasteiger partial charge in [-0.25, -0.2) is 0 Å². The Labute approximate surface area is 76.5 Å². The summed E-state index contributed by atoms with van der Waals surface area (Å²) < 4.78 is 15.6. The third kappa shape index (κ3) is 1.22. The lowest BCUT2D eigenvalue weighted by atomic mass is 10.2. The molecule has 0 aliphatic carbocycles. The zero-order valence-electron chi connectivity index (χ0n) is 7.37. The highest BCUT2D eigenvalue weighted by Gasteiger charge is 2.18. The van der Waals surface area contributed by atoms with Crippen molar-refractivity contribution in [3.8, 4) is 17.2 Å². The Morgan fingerprint density at radius 3 is 3.00 bits per heavy atom. The molecule has 2 rings (SSSR count). The molecule has 0 saturated heterocycles. The van der Waals surface area contributed by atoms with Crippen LogP contribution < -0.4 is 14.2 Å². The second-order valence-electron chi connectivity index (χ2n) is 2.66. The normalized spacial score (nSPS) is 12.7. The molecule has 3 nitrogen and oxygen atoms in total. The Balaban J connectivity index is 2.55. The van der Waals surface area contributed by atoms with Crippen molar-refractivity contribution in [2.45, 2.75) is 0 Å². The van der Waals surface area contributed by atoms with E-state index in [1.54, 1.807) is 13.2 Å².